The first-order valence-electron chi connectivity index (χ1n) is 8.02. The number of rotatable bonds is 0. The number of fused-ring (bicyclic) bond motifs is 6. The highest BCUT2D eigenvalue weighted by Crippen LogP contribution is 2.56. The average Bonchev–Trinajstić information content (AvgIpc) is 3.11. The summed E-state index contributed by atoms with van der Waals surface area (Å²) in [5, 5.41) is 0. The van der Waals surface area contributed by atoms with Gasteiger partial charge in [0, 0.05) is 11.8 Å². The van der Waals surface area contributed by atoms with Crippen molar-refractivity contribution in [2.24, 2.45) is 0 Å². The smallest absolute Gasteiger partial charge is 0.0247 e. The molecule has 0 N–H and O–H groups in total. The number of hydrogen-bond acceptors (Lipinski definition) is 0. The van der Waals surface area contributed by atoms with Gasteiger partial charge in [-0.15, -0.1) is 0 Å². The Hall–Kier alpha value is -2.08. The fourth-order valence-corrected chi connectivity index (χ4v) is 4.54. The van der Waals surface area contributed by atoms with Crippen molar-refractivity contribution >= 4 is 5.57 Å². The van der Waals surface area contributed by atoms with Gasteiger partial charge in [-0.3, -0.25) is 0 Å². The summed E-state index contributed by atoms with van der Waals surface area (Å²) < 4.78 is 0. The third kappa shape index (κ3) is 1.51. The minimum Gasteiger partial charge on any atom is -0.0760 e. The molecule has 2 aromatic carbocycles. The highest BCUT2D eigenvalue weighted by Gasteiger charge is 2.39. The number of allylic oxidation sites excluding steroid dienone is 4. The molecule has 0 aliphatic heterocycles. The molecule has 2 atom stereocenters. The van der Waals surface area contributed by atoms with Crippen molar-refractivity contribution in [2.75, 3.05) is 0 Å². The zero-order valence-corrected chi connectivity index (χ0v) is 12.0. The van der Waals surface area contributed by atoms with E-state index in [9.17, 15) is 0 Å². The average molecular weight is 270 g/mol. The minimum atomic E-state index is 0.535. The van der Waals surface area contributed by atoms with Gasteiger partial charge in [-0.05, 0) is 52.7 Å². The molecule has 102 valence electrons. The summed E-state index contributed by atoms with van der Waals surface area (Å²) in [6, 6.07) is 18.0. The zero-order chi connectivity index (χ0) is 13.8. The van der Waals surface area contributed by atoms with Gasteiger partial charge in [-0.1, -0.05) is 60.7 Å². The summed E-state index contributed by atoms with van der Waals surface area (Å²) in [5.74, 6) is 1.07. The molecule has 2 unspecified atom stereocenters. The molecule has 21 heavy (non-hydrogen) atoms. The van der Waals surface area contributed by atoms with E-state index >= 15 is 0 Å². The van der Waals surface area contributed by atoms with Crippen LogP contribution in [0.1, 0.15) is 46.9 Å². The van der Waals surface area contributed by atoms with Gasteiger partial charge in [0.25, 0.3) is 0 Å². The van der Waals surface area contributed by atoms with Crippen LogP contribution in [0.4, 0.5) is 0 Å². The predicted molar refractivity (Wildman–Crippen MR) is 87.4 cm³/mol. The number of benzene rings is 2. The molecule has 2 bridgehead atoms. The van der Waals surface area contributed by atoms with Crippen molar-refractivity contribution in [1.29, 1.82) is 0 Å². The molecule has 0 fully saturated rings. The van der Waals surface area contributed by atoms with Gasteiger partial charge in [0.05, 0.1) is 0 Å². The van der Waals surface area contributed by atoms with Gasteiger partial charge in [-0.25, -0.2) is 0 Å². The molecule has 0 spiro atoms. The second-order valence-corrected chi connectivity index (χ2v) is 6.41. The van der Waals surface area contributed by atoms with E-state index in [1.807, 2.05) is 0 Å². The first-order valence-corrected chi connectivity index (χ1v) is 8.02. The normalized spacial score (nSPS) is 25.1. The Morgan fingerprint density at radius 3 is 2.14 bits per heavy atom. The van der Waals surface area contributed by atoms with Crippen LogP contribution in [0.15, 0.2) is 66.3 Å². The first kappa shape index (κ1) is 11.6. The Bertz CT molecular complexity index is 756. The quantitative estimate of drug-likeness (QED) is 0.575. The van der Waals surface area contributed by atoms with E-state index in [1.165, 1.54) is 36.0 Å². The summed E-state index contributed by atoms with van der Waals surface area (Å²) in [4.78, 5) is 0. The Balaban J connectivity index is 1.74. The third-order valence-corrected chi connectivity index (χ3v) is 5.40. The molecule has 0 aromatic heterocycles. The van der Waals surface area contributed by atoms with Crippen molar-refractivity contribution in [1.82, 2.24) is 0 Å². The molecule has 0 radical (unpaired) electrons. The maximum Gasteiger partial charge on any atom is 0.0247 e. The van der Waals surface area contributed by atoms with Gasteiger partial charge < -0.3 is 0 Å². The number of hydrogen-bond donors (Lipinski definition) is 0. The Morgan fingerprint density at radius 1 is 0.714 bits per heavy atom. The fourth-order valence-electron chi connectivity index (χ4n) is 4.54. The van der Waals surface area contributed by atoms with Crippen LogP contribution in [0.5, 0.6) is 0 Å². The van der Waals surface area contributed by atoms with E-state index in [0.717, 1.165) is 0 Å². The molecule has 0 nitrogen and oxygen atoms in total. The summed E-state index contributed by atoms with van der Waals surface area (Å²) in [7, 11) is 0. The minimum absolute atomic E-state index is 0.535. The standard InChI is InChI=1S/C21H18/c1-2-8-15-14(6-1)7-5-11-18(15)21-19-12-13-20(21)17-10-4-3-9-16(17)19/h1-4,6,8-10,12-13,19-20H,5,7,11H2. The van der Waals surface area contributed by atoms with Crippen LogP contribution in [-0.2, 0) is 6.42 Å². The lowest BCUT2D eigenvalue weighted by molar-refractivity contribution is 0.810. The van der Waals surface area contributed by atoms with Crippen LogP contribution >= 0.6 is 0 Å². The van der Waals surface area contributed by atoms with Crippen LogP contribution in [0.2, 0.25) is 0 Å². The summed E-state index contributed by atoms with van der Waals surface area (Å²) in [5.41, 5.74) is 9.44. The first-order chi connectivity index (χ1) is 10.4. The van der Waals surface area contributed by atoms with E-state index in [2.05, 4.69) is 60.7 Å². The molecule has 2 aromatic rings. The summed E-state index contributed by atoms with van der Waals surface area (Å²) in [6.45, 7) is 0. The van der Waals surface area contributed by atoms with Gasteiger partial charge in [0.2, 0.25) is 0 Å². The van der Waals surface area contributed by atoms with Gasteiger partial charge >= 0.3 is 0 Å². The highest BCUT2D eigenvalue weighted by atomic mass is 14.4. The monoisotopic (exact) mass is 270 g/mol. The molecule has 3 aliphatic rings. The van der Waals surface area contributed by atoms with Crippen molar-refractivity contribution in [3.63, 3.8) is 0 Å². The van der Waals surface area contributed by atoms with Crippen LogP contribution in [0.25, 0.3) is 5.57 Å². The van der Waals surface area contributed by atoms with E-state index < -0.39 is 0 Å². The molecule has 0 saturated heterocycles. The van der Waals surface area contributed by atoms with Crippen molar-refractivity contribution in [3.05, 3.63) is 88.5 Å². The van der Waals surface area contributed by atoms with E-state index in [1.54, 1.807) is 16.7 Å². The largest absolute Gasteiger partial charge is 0.0760 e. The van der Waals surface area contributed by atoms with Gasteiger partial charge in [0.1, 0.15) is 0 Å². The second-order valence-electron chi connectivity index (χ2n) is 6.41. The Morgan fingerprint density at radius 2 is 1.38 bits per heavy atom. The molecule has 3 aliphatic carbocycles. The lowest BCUT2D eigenvalue weighted by Gasteiger charge is -2.23. The summed E-state index contributed by atoms with van der Waals surface area (Å²) in [6.07, 6.45) is 8.63. The maximum absolute atomic E-state index is 2.42. The van der Waals surface area contributed by atoms with Crippen LogP contribution in [0.3, 0.4) is 0 Å². The van der Waals surface area contributed by atoms with Crippen LogP contribution < -0.4 is 0 Å². The SMILES string of the molecule is C1=CC2C(=C3CCCc4ccccc43)C1c1ccccc12. The molecule has 0 amide bonds. The fraction of sp³-hybridized carbons (Fsp3) is 0.238. The van der Waals surface area contributed by atoms with E-state index in [0.29, 0.717) is 11.8 Å². The van der Waals surface area contributed by atoms with Crippen molar-refractivity contribution in [2.45, 2.75) is 31.1 Å². The van der Waals surface area contributed by atoms with Crippen molar-refractivity contribution < 1.29 is 0 Å². The molecular weight excluding hydrogens is 252 g/mol. The third-order valence-electron chi connectivity index (χ3n) is 5.40. The Kier molecular flexibility index (Phi) is 2.32. The lowest BCUT2D eigenvalue weighted by Crippen LogP contribution is -2.05. The van der Waals surface area contributed by atoms with Crippen molar-refractivity contribution in [3.8, 4) is 0 Å². The van der Waals surface area contributed by atoms with E-state index in [-0.39, 0.29) is 0 Å². The van der Waals surface area contributed by atoms with E-state index in [4.69, 9.17) is 0 Å². The maximum atomic E-state index is 2.42. The predicted octanol–water partition coefficient (Wildman–Crippen LogP) is 5.23. The lowest BCUT2D eigenvalue weighted by atomic mass is 9.81. The van der Waals surface area contributed by atoms with Gasteiger partial charge in [-0.2, -0.15) is 0 Å². The molecule has 0 heterocycles. The highest BCUT2D eigenvalue weighted by molar-refractivity contribution is 5.79. The molecular formula is C21H18. The second kappa shape index (κ2) is 4.21. The number of aryl methyl sites for hydroxylation is 1. The molecule has 5 rings (SSSR count). The zero-order valence-electron chi connectivity index (χ0n) is 12.0. The van der Waals surface area contributed by atoms with Crippen LogP contribution in [-0.4, -0.2) is 0 Å². The summed E-state index contributed by atoms with van der Waals surface area (Å²) >= 11 is 0. The molecule has 0 heteroatoms. The Labute approximate surface area is 125 Å². The topological polar surface area (TPSA) is 0 Å². The molecule has 0 saturated carbocycles. The van der Waals surface area contributed by atoms with Gasteiger partial charge in [0.15, 0.2) is 0 Å². The van der Waals surface area contributed by atoms with Crippen LogP contribution in [0, 0.1) is 0 Å².